The normalized spacial score (nSPS) is 16.5. The van der Waals surface area contributed by atoms with Gasteiger partial charge in [0, 0.05) is 6.92 Å². The van der Waals surface area contributed by atoms with Crippen LogP contribution in [-0.4, -0.2) is 31.0 Å². The summed E-state index contributed by atoms with van der Waals surface area (Å²) < 4.78 is 6.71. The van der Waals surface area contributed by atoms with Crippen LogP contribution in [0.5, 0.6) is 0 Å². The summed E-state index contributed by atoms with van der Waals surface area (Å²) in [4.78, 5) is 16.9. The zero-order chi connectivity index (χ0) is 16.6. The number of hydrogen-bond acceptors (Lipinski definition) is 6. The van der Waals surface area contributed by atoms with Crippen molar-refractivity contribution < 1.29 is 9.32 Å². The van der Waals surface area contributed by atoms with Gasteiger partial charge in [0.05, 0.1) is 5.52 Å². The lowest BCUT2D eigenvalue weighted by atomic mass is 9.96. The van der Waals surface area contributed by atoms with Gasteiger partial charge in [0.1, 0.15) is 17.6 Å². The van der Waals surface area contributed by atoms with Crippen molar-refractivity contribution in [1.82, 2.24) is 30.5 Å². The molecule has 0 radical (unpaired) electrons. The largest absolute Gasteiger partial charge is 0.342 e. The predicted molar refractivity (Wildman–Crippen MR) is 84.9 cm³/mol. The van der Waals surface area contributed by atoms with Crippen LogP contribution in [0.3, 0.4) is 0 Å². The maximum atomic E-state index is 12.6. The number of carbonyl (C=O) groups is 1. The van der Waals surface area contributed by atoms with E-state index in [-0.39, 0.29) is 12.5 Å². The van der Waals surface area contributed by atoms with Crippen molar-refractivity contribution in [2.75, 3.05) is 0 Å². The molecule has 0 bridgehead atoms. The summed E-state index contributed by atoms with van der Waals surface area (Å²) in [6.45, 7) is 1.86. The Morgan fingerprint density at radius 3 is 2.88 bits per heavy atom. The average molecular weight is 326 g/mol. The summed E-state index contributed by atoms with van der Waals surface area (Å²) in [7, 11) is 0. The first-order valence-electron chi connectivity index (χ1n) is 8.06. The third kappa shape index (κ3) is 2.53. The van der Waals surface area contributed by atoms with Crippen molar-refractivity contribution in [2.24, 2.45) is 0 Å². The fourth-order valence-corrected chi connectivity index (χ4v) is 3.35. The highest BCUT2D eigenvalue weighted by Gasteiger charge is 2.41. The van der Waals surface area contributed by atoms with Gasteiger partial charge >= 0.3 is 0 Å². The van der Waals surface area contributed by atoms with E-state index in [0.717, 1.165) is 36.7 Å². The van der Waals surface area contributed by atoms with Gasteiger partial charge in [-0.3, -0.25) is 4.79 Å². The molecule has 124 valence electrons. The Balaban J connectivity index is 1.56. The molecule has 8 heteroatoms. The highest BCUT2D eigenvalue weighted by molar-refractivity contribution is 5.80. The maximum Gasteiger partial charge on any atom is 0.242 e. The number of carbonyl (C=O) groups excluding carboxylic acids is 1. The molecule has 0 spiro atoms. The smallest absolute Gasteiger partial charge is 0.242 e. The Bertz CT molecular complexity index is 877. The summed E-state index contributed by atoms with van der Waals surface area (Å²) in [5.74, 6) is 0.942. The minimum absolute atomic E-state index is 0.110. The number of para-hydroxylation sites is 1. The summed E-state index contributed by atoms with van der Waals surface area (Å²) in [5, 5.41) is 15.3. The van der Waals surface area contributed by atoms with Gasteiger partial charge in [-0.2, -0.15) is 4.98 Å². The van der Waals surface area contributed by atoms with Crippen LogP contribution in [-0.2, 0) is 16.9 Å². The number of aryl methyl sites for hydroxylation is 1. The lowest BCUT2D eigenvalue weighted by Gasteiger charge is -2.26. The van der Waals surface area contributed by atoms with Gasteiger partial charge in [-0.25, -0.2) is 4.68 Å². The molecule has 24 heavy (non-hydrogen) atoms. The van der Waals surface area contributed by atoms with Gasteiger partial charge in [0.2, 0.25) is 11.8 Å². The fourth-order valence-electron chi connectivity index (χ4n) is 3.35. The first-order chi connectivity index (χ1) is 11.7. The Morgan fingerprint density at radius 1 is 1.33 bits per heavy atom. The molecule has 8 nitrogen and oxygen atoms in total. The van der Waals surface area contributed by atoms with Gasteiger partial charge in [0.15, 0.2) is 5.82 Å². The zero-order valence-corrected chi connectivity index (χ0v) is 13.4. The number of fused-ring (bicyclic) bond motifs is 1. The van der Waals surface area contributed by atoms with Crippen LogP contribution in [0, 0.1) is 6.92 Å². The molecule has 1 aliphatic rings. The van der Waals surface area contributed by atoms with E-state index < -0.39 is 5.54 Å². The molecule has 3 aromatic rings. The van der Waals surface area contributed by atoms with Crippen molar-refractivity contribution >= 4 is 16.9 Å². The van der Waals surface area contributed by atoms with Crippen LogP contribution in [0.2, 0.25) is 0 Å². The summed E-state index contributed by atoms with van der Waals surface area (Å²) in [6, 6.07) is 7.57. The second-order valence-corrected chi connectivity index (χ2v) is 6.21. The fraction of sp³-hybridized carbons (Fsp3) is 0.438. The molecule has 1 N–H and O–H groups in total. The Kier molecular flexibility index (Phi) is 3.51. The highest BCUT2D eigenvalue weighted by Crippen LogP contribution is 2.37. The third-order valence-electron chi connectivity index (χ3n) is 4.51. The number of aromatic nitrogens is 5. The Labute approximate surface area is 138 Å². The second-order valence-electron chi connectivity index (χ2n) is 6.21. The van der Waals surface area contributed by atoms with E-state index in [1.165, 1.54) is 0 Å². The number of nitrogens with one attached hydrogen (secondary N) is 1. The zero-order valence-electron chi connectivity index (χ0n) is 13.4. The SMILES string of the molecule is Cc1nc(C2(NC(=O)Cn3nnc4ccccc43)CCCC2)no1. The van der Waals surface area contributed by atoms with Gasteiger partial charge in [-0.05, 0) is 25.0 Å². The molecule has 1 aliphatic carbocycles. The molecular formula is C16H18N6O2. The van der Waals surface area contributed by atoms with E-state index in [0.29, 0.717) is 11.7 Å². The number of benzene rings is 1. The van der Waals surface area contributed by atoms with Crippen molar-refractivity contribution in [3.8, 4) is 0 Å². The minimum Gasteiger partial charge on any atom is -0.342 e. The monoisotopic (exact) mass is 326 g/mol. The standard InChI is InChI=1S/C16H18N6O2/c1-11-17-15(20-24-11)16(8-4-5-9-16)18-14(23)10-22-13-7-3-2-6-12(13)19-21-22/h2-3,6-7H,4-5,8-10H2,1H3,(H,18,23). The molecule has 0 saturated heterocycles. The summed E-state index contributed by atoms with van der Waals surface area (Å²) in [5.41, 5.74) is 1.07. The van der Waals surface area contributed by atoms with Crippen LogP contribution in [0.4, 0.5) is 0 Å². The van der Waals surface area contributed by atoms with E-state index in [4.69, 9.17) is 4.52 Å². The van der Waals surface area contributed by atoms with Gasteiger partial charge in [-0.1, -0.05) is 35.3 Å². The van der Waals surface area contributed by atoms with E-state index in [2.05, 4.69) is 25.8 Å². The molecule has 0 atom stereocenters. The van der Waals surface area contributed by atoms with Crippen molar-refractivity contribution in [2.45, 2.75) is 44.7 Å². The topological polar surface area (TPSA) is 98.7 Å². The predicted octanol–water partition coefficient (Wildman–Crippen LogP) is 1.71. The van der Waals surface area contributed by atoms with Crippen LogP contribution in [0.15, 0.2) is 28.8 Å². The average Bonchev–Trinajstić information content (AvgIpc) is 3.29. The third-order valence-corrected chi connectivity index (χ3v) is 4.51. The number of amides is 1. The minimum atomic E-state index is -0.536. The highest BCUT2D eigenvalue weighted by atomic mass is 16.5. The number of hydrogen-bond donors (Lipinski definition) is 1. The van der Waals surface area contributed by atoms with Crippen LogP contribution in [0.1, 0.15) is 37.4 Å². The van der Waals surface area contributed by atoms with Gasteiger partial charge in [0.25, 0.3) is 0 Å². The Morgan fingerprint density at radius 2 is 2.12 bits per heavy atom. The molecule has 1 fully saturated rings. The first-order valence-corrected chi connectivity index (χ1v) is 8.06. The number of nitrogens with zero attached hydrogens (tertiary/aromatic N) is 5. The first kappa shape index (κ1) is 14.8. The molecule has 2 aromatic heterocycles. The van der Waals surface area contributed by atoms with E-state index in [9.17, 15) is 4.79 Å². The molecule has 4 rings (SSSR count). The van der Waals surface area contributed by atoms with Gasteiger partial charge < -0.3 is 9.84 Å². The van der Waals surface area contributed by atoms with E-state index in [1.54, 1.807) is 11.6 Å². The molecular weight excluding hydrogens is 308 g/mol. The number of rotatable bonds is 4. The molecule has 1 saturated carbocycles. The molecule has 2 heterocycles. The lowest BCUT2D eigenvalue weighted by Crippen LogP contribution is -2.46. The van der Waals surface area contributed by atoms with E-state index >= 15 is 0 Å². The van der Waals surface area contributed by atoms with E-state index in [1.807, 2.05) is 24.3 Å². The van der Waals surface area contributed by atoms with Crippen molar-refractivity contribution in [3.05, 3.63) is 36.0 Å². The molecule has 1 aromatic carbocycles. The molecule has 0 aliphatic heterocycles. The summed E-state index contributed by atoms with van der Waals surface area (Å²) >= 11 is 0. The second kappa shape index (κ2) is 5.70. The summed E-state index contributed by atoms with van der Waals surface area (Å²) in [6.07, 6.45) is 3.69. The Hall–Kier alpha value is -2.77. The maximum absolute atomic E-state index is 12.6. The van der Waals surface area contributed by atoms with Crippen molar-refractivity contribution in [3.63, 3.8) is 0 Å². The quantitative estimate of drug-likeness (QED) is 0.783. The van der Waals surface area contributed by atoms with Gasteiger partial charge in [-0.15, -0.1) is 5.10 Å². The lowest BCUT2D eigenvalue weighted by molar-refractivity contribution is -0.124. The molecule has 1 amide bonds. The van der Waals surface area contributed by atoms with Crippen molar-refractivity contribution in [1.29, 1.82) is 0 Å². The van der Waals surface area contributed by atoms with Crippen LogP contribution >= 0.6 is 0 Å². The van der Waals surface area contributed by atoms with Crippen LogP contribution in [0.25, 0.3) is 11.0 Å². The molecule has 0 unspecified atom stereocenters. The van der Waals surface area contributed by atoms with Crippen LogP contribution < -0.4 is 5.32 Å².